The Bertz CT molecular complexity index is 1820. The molecule has 2 aliphatic heterocycles. The number of ether oxygens (including phenoxy) is 3. The third-order valence-corrected chi connectivity index (χ3v) is 10.0. The third kappa shape index (κ3) is 3.32. The smallest absolute Gasteiger partial charge is 0.332 e. The molecule has 2 aromatic heterocycles. The van der Waals surface area contributed by atoms with Crippen LogP contribution in [0, 0.1) is 5.92 Å². The van der Waals surface area contributed by atoms with Gasteiger partial charge in [0.25, 0.3) is 5.56 Å². The van der Waals surface area contributed by atoms with Crippen LogP contribution in [0.5, 0.6) is 17.2 Å². The molecule has 1 spiro atoms. The van der Waals surface area contributed by atoms with E-state index in [1.807, 2.05) is 12.1 Å². The minimum atomic E-state index is -1.94. The Morgan fingerprint density at radius 3 is 2.42 bits per heavy atom. The number of methoxy groups -OCH3 is 2. The lowest BCUT2D eigenvalue weighted by atomic mass is 9.66. The molecule has 10 nitrogen and oxygen atoms in total. The summed E-state index contributed by atoms with van der Waals surface area (Å²) in [6.07, 6.45) is 0.226. The first kappa shape index (κ1) is 26.9. The topological polar surface area (TPSA) is 118 Å². The molecule has 0 amide bonds. The summed E-state index contributed by atoms with van der Waals surface area (Å²) in [7, 11) is 5.79. The summed E-state index contributed by atoms with van der Waals surface area (Å²) in [6, 6.07) is 5.13. The second-order valence-electron chi connectivity index (χ2n) is 9.96. The second-order valence-corrected chi connectivity index (χ2v) is 12.8. The van der Waals surface area contributed by atoms with Crippen LogP contribution >= 0.6 is 38.9 Å². The number of Topliss-reactive ketones (excluding diaryl/α,β-unsaturated/α-hetero) is 2. The van der Waals surface area contributed by atoms with Gasteiger partial charge in [-0.1, -0.05) is 18.5 Å². The van der Waals surface area contributed by atoms with Crippen molar-refractivity contribution in [2.24, 2.45) is 20.0 Å². The Hall–Kier alpha value is -3.35. The molecule has 0 radical (unpaired) electrons. The van der Waals surface area contributed by atoms with Crippen molar-refractivity contribution in [3.05, 3.63) is 75.1 Å². The Labute approximate surface area is 245 Å². The summed E-state index contributed by atoms with van der Waals surface area (Å²) >= 11 is 11.4. The first-order valence-electron chi connectivity index (χ1n) is 12.3. The van der Waals surface area contributed by atoms with Crippen molar-refractivity contribution in [3.8, 4) is 17.2 Å². The number of thiophene rings is 1. The molecule has 1 N–H and O–H groups in total. The number of allylic oxidation sites excluding steroid dienone is 1. The van der Waals surface area contributed by atoms with Gasteiger partial charge >= 0.3 is 5.69 Å². The van der Waals surface area contributed by atoms with Gasteiger partial charge in [-0.15, -0.1) is 11.3 Å². The van der Waals surface area contributed by atoms with E-state index in [4.69, 9.17) is 25.8 Å². The van der Waals surface area contributed by atoms with E-state index in [1.165, 1.54) is 43.2 Å². The van der Waals surface area contributed by atoms with Crippen LogP contribution in [-0.2, 0) is 18.9 Å². The van der Waals surface area contributed by atoms with E-state index >= 15 is 0 Å². The number of halogens is 2. The number of benzene rings is 1. The van der Waals surface area contributed by atoms with Crippen molar-refractivity contribution in [2.75, 3.05) is 19.5 Å². The molecular weight excluding hydrogens is 626 g/mol. The number of fused-ring (bicyclic) bond motifs is 2. The van der Waals surface area contributed by atoms with Crippen molar-refractivity contribution < 1.29 is 23.8 Å². The van der Waals surface area contributed by atoms with Gasteiger partial charge in [-0.05, 0) is 34.5 Å². The zero-order valence-corrected chi connectivity index (χ0v) is 25.2. The number of carbonyl (C=O) groups excluding carboxylic acids is 2. The molecular formula is C27H23BrClN3O7S. The van der Waals surface area contributed by atoms with Gasteiger partial charge in [-0.25, -0.2) is 4.79 Å². The molecule has 3 aromatic rings. The number of rotatable bonds is 3. The first-order valence-corrected chi connectivity index (χ1v) is 14.2. The van der Waals surface area contributed by atoms with Crippen LogP contribution in [-0.4, -0.2) is 40.5 Å². The molecule has 4 heterocycles. The average molecular weight is 649 g/mol. The van der Waals surface area contributed by atoms with E-state index in [2.05, 4.69) is 21.2 Å². The number of anilines is 1. The van der Waals surface area contributed by atoms with Gasteiger partial charge in [0.1, 0.15) is 27.9 Å². The quantitative estimate of drug-likeness (QED) is 0.424. The number of aromatic nitrogens is 2. The number of ketones is 2. The lowest BCUT2D eigenvalue weighted by Crippen LogP contribution is -2.58. The largest absolute Gasteiger partial charge is 0.496 e. The standard InChI is InChI=1S/C27H23BrClN3O7S/c1-10-8-11-16(22(33)27(10)23(34)17-12(37-4)9-13(38-5)20(29)21(17)39-27)18(14-6-7-15(28)40-14)19-24(30-11)31(2)26(36)32(3)25(19)35/h6-7,9-10,18,30H,8H2,1-5H3/t10-,18-,27+/m1/s1. The molecule has 0 saturated carbocycles. The average Bonchev–Trinajstić information content (AvgIpc) is 3.51. The van der Waals surface area contributed by atoms with Crippen LogP contribution in [0.25, 0.3) is 0 Å². The van der Waals surface area contributed by atoms with Crippen LogP contribution in [0.15, 0.2) is 42.8 Å². The van der Waals surface area contributed by atoms with Gasteiger partial charge in [0.15, 0.2) is 5.75 Å². The van der Waals surface area contributed by atoms with Gasteiger partial charge < -0.3 is 19.5 Å². The molecule has 13 heteroatoms. The highest BCUT2D eigenvalue weighted by Gasteiger charge is 2.64. The van der Waals surface area contributed by atoms with Crippen molar-refractivity contribution in [1.82, 2.24) is 9.13 Å². The summed E-state index contributed by atoms with van der Waals surface area (Å²) in [6.45, 7) is 1.75. The molecule has 0 fully saturated rings. The summed E-state index contributed by atoms with van der Waals surface area (Å²) in [5.74, 6) is -1.90. The SMILES string of the molecule is COc1cc(OC)c2c(c1Cl)O[C@@]1(C(=O)C3=C(C[C@H]1C)Nc1c(c(=O)n(C)c(=O)n1C)[C@@H]3c1ccc(Br)s1)C2=O. The molecule has 40 heavy (non-hydrogen) atoms. The van der Waals surface area contributed by atoms with Gasteiger partial charge in [0.05, 0.1) is 29.5 Å². The maximum atomic E-state index is 14.7. The van der Waals surface area contributed by atoms with Crippen molar-refractivity contribution in [1.29, 1.82) is 0 Å². The highest BCUT2D eigenvalue weighted by molar-refractivity contribution is 9.11. The fraction of sp³-hybridized carbons (Fsp3) is 0.333. The Morgan fingerprint density at radius 1 is 1.10 bits per heavy atom. The molecule has 1 aromatic carbocycles. The third-order valence-electron chi connectivity index (χ3n) is 7.95. The highest BCUT2D eigenvalue weighted by Crippen LogP contribution is 2.56. The van der Waals surface area contributed by atoms with Gasteiger partial charge in [0, 0.05) is 42.2 Å². The number of hydrogen-bond acceptors (Lipinski definition) is 9. The highest BCUT2D eigenvalue weighted by atomic mass is 79.9. The van der Waals surface area contributed by atoms with Gasteiger partial charge in [0.2, 0.25) is 17.2 Å². The van der Waals surface area contributed by atoms with E-state index in [0.29, 0.717) is 16.4 Å². The Morgan fingerprint density at radius 2 is 1.80 bits per heavy atom. The van der Waals surface area contributed by atoms with Crippen LogP contribution < -0.4 is 30.8 Å². The van der Waals surface area contributed by atoms with Crippen LogP contribution in [0.1, 0.15) is 40.1 Å². The predicted octanol–water partition coefficient (Wildman–Crippen LogP) is 4.01. The lowest BCUT2D eigenvalue weighted by Gasteiger charge is -2.42. The molecule has 3 atom stereocenters. The monoisotopic (exact) mass is 647 g/mol. The van der Waals surface area contributed by atoms with E-state index in [-0.39, 0.29) is 45.4 Å². The van der Waals surface area contributed by atoms with Crippen molar-refractivity contribution in [3.63, 3.8) is 0 Å². The molecule has 3 aliphatic rings. The van der Waals surface area contributed by atoms with E-state index in [0.717, 1.165) is 8.35 Å². The maximum absolute atomic E-state index is 14.7. The fourth-order valence-corrected chi connectivity index (χ4v) is 7.77. The summed E-state index contributed by atoms with van der Waals surface area (Å²) < 4.78 is 20.3. The Kier molecular flexibility index (Phi) is 6.10. The minimum Gasteiger partial charge on any atom is -0.496 e. The van der Waals surface area contributed by atoms with Crippen LogP contribution in [0.3, 0.4) is 0 Å². The van der Waals surface area contributed by atoms with E-state index in [1.54, 1.807) is 14.0 Å². The van der Waals surface area contributed by atoms with Gasteiger partial charge in [-0.3, -0.25) is 23.5 Å². The molecule has 0 saturated heterocycles. The molecule has 6 rings (SSSR count). The van der Waals surface area contributed by atoms with E-state index in [9.17, 15) is 19.2 Å². The maximum Gasteiger partial charge on any atom is 0.332 e. The van der Waals surface area contributed by atoms with Gasteiger partial charge in [-0.2, -0.15) is 0 Å². The number of nitrogens with zero attached hydrogens (tertiary/aromatic N) is 2. The Balaban J connectivity index is 1.61. The summed E-state index contributed by atoms with van der Waals surface area (Å²) in [5.41, 5.74) is -1.92. The van der Waals surface area contributed by atoms with Crippen molar-refractivity contribution in [2.45, 2.75) is 24.9 Å². The second kappa shape index (κ2) is 9.08. The zero-order valence-electron chi connectivity index (χ0n) is 22.0. The van der Waals surface area contributed by atoms with Crippen molar-refractivity contribution >= 4 is 56.3 Å². The van der Waals surface area contributed by atoms with Crippen LogP contribution in [0.2, 0.25) is 5.02 Å². The number of hydrogen-bond donors (Lipinski definition) is 1. The number of nitrogens with one attached hydrogen (secondary N) is 1. The summed E-state index contributed by atoms with van der Waals surface area (Å²) in [5, 5.41) is 3.26. The minimum absolute atomic E-state index is 0.0185. The van der Waals surface area contributed by atoms with E-state index < -0.39 is 40.3 Å². The van der Waals surface area contributed by atoms with Crippen LogP contribution in [0.4, 0.5) is 5.82 Å². The predicted molar refractivity (Wildman–Crippen MR) is 152 cm³/mol. The fourth-order valence-electron chi connectivity index (χ4n) is 5.96. The lowest BCUT2D eigenvalue weighted by molar-refractivity contribution is -0.130. The zero-order chi connectivity index (χ0) is 28.8. The molecule has 0 bridgehead atoms. The molecule has 1 aliphatic carbocycles. The normalized spacial score (nSPS) is 23.0. The summed E-state index contributed by atoms with van der Waals surface area (Å²) in [4.78, 5) is 56.1. The molecule has 208 valence electrons. The first-order chi connectivity index (χ1) is 19.0. The molecule has 0 unspecified atom stereocenters. The number of carbonyl (C=O) groups is 2.